The minimum Gasteiger partial charge on any atom is -0.309 e. The van der Waals surface area contributed by atoms with Crippen molar-refractivity contribution < 1.29 is 13.6 Å². The Hall–Kier alpha value is -1.41. The highest BCUT2D eigenvalue weighted by Gasteiger charge is 2.22. The van der Waals surface area contributed by atoms with E-state index in [2.05, 4.69) is 56.3 Å². The van der Waals surface area contributed by atoms with Crippen LogP contribution in [0, 0.1) is 5.92 Å². The summed E-state index contributed by atoms with van der Waals surface area (Å²) < 4.78 is 23.2. The minimum absolute atomic E-state index is 0.420. The molecule has 1 saturated carbocycles. The Bertz CT molecular complexity index is 864. The van der Waals surface area contributed by atoms with Crippen molar-refractivity contribution in [3.63, 3.8) is 0 Å². The van der Waals surface area contributed by atoms with Gasteiger partial charge < -0.3 is 9.05 Å². The predicted molar refractivity (Wildman–Crippen MR) is 156 cm³/mol. The maximum Gasteiger partial charge on any atom is 0.330 e. The van der Waals surface area contributed by atoms with Crippen LogP contribution in [0.3, 0.4) is 0 Å². The summed E-state index contributed by atoms with van der Waals surface area (Å²) in [6, 6.07) is 17.1. The zero-order valence-electron chi connectivity index (χ0n) is 23.5. The van der Waals surface area contributed by atoms with Crippen molar-refractivity contribution in [2.45, 2.75) is 105 Å². The van der Waals surface area contributed by atoms with E-state index in [1.165, 1.54) is 80.0 Å². The average Bonchev–Trinajstić information content (AvgIpc) is 2.90. The monoisotopic (exact) mass is 514 g/mol. The summed E-state index contributed by atoms with van der Waals surface area (Å²) in [5.74, 6) is 1.11. The Kier molecular flexibility index (Phi) is 15.4. The van der Waals surface area contributed by atoms with Crippen LogP contribution < -0.4 is 0 Å². The molecular formula is C32H51O3P. The van der Waals surface area contributed by atoms with Gasteiger partial charge in [-0.1, -0.05) is 120 Å². The maximum atomic E-state index is 12.5. The summed E-state index contributed by atoms with van der Waals surface area (Å²) in [6.07, 6.45) is 16.6. The van der Waals surface area contributed by atoms with E-state index in [9.17, 15) is 4.57 Å². The third kappa shape index (κ3) is 11.3. The van der Waals surface area contributed by atoms with Gasteiger partial charge in [-0.3, -0.25) is 4.57 Å². The first-order valence-corrected chi connectivity index (χ1v) is 16.3. The molecule has 0 N–H and O–H groups in total. The van der Waals surface area contributed by atoms with Crippen LogP contribution in [0.15, 0.2) is 48.5 Å². The van der Waals surface area contributed by atoms with E-state index >= 15 is 0 Å². The summed E-state index contributed by atoms with van der Waals surface area (Å²) in [5.41, 5.74) is 5.17. The van der Waals surface area contributed by atoms with Crippen LogP contribution in [-0.4, -0.2) is 19.4 Å². The lowest BCUT2D eigenvalue weighted by Crippen LogP contribution is -2.05. The molecule has 3 rings (SSSR count). The molecular weight excluding hydrogens is 463 g/mol. The average molecular weight is 515 g/mol. The highest BCUT2D eigenvalue weighted by molar-refractivity contribution is 7.53. The second-order valence-electron chi connectivity index (χ2n) is 9.98. The fourth-order valence-corrected chi connectivity index (χ4v) is 6.85. The molecule has 4 heteroatoms. The Balaban J connectivity index is 0.000000346. The normalized spacial score (nSPS) is 14.3. The van der Waals surface area contributed by atoms with Gasteiger partial charge in [0, 0.05) is 0 Å². The van der Waals surface area contributed by atoms with Crippen molar-refractivity contribution in [2.75, 3.05) is 19.4 Å². The van der Waals surface area contributed by atoms with Crippen molar-refractivity contribution in [2.24, 2.45) is 5.92 Å². The molecule has 36 heavy (non-hydrogen) atoms. The summed E-state index contributed by atoms with van der Waals surface area (Å²) >= 11 is 0. The Labute approximate surface area is 221 Å². The molecule has 202 valence electrons. The second kappa shape index (κ2) is 17.9. The second-order valence-corrected chi connectivity index (χ2v) is 12.2. The summed E-state index contributed by atoms with van der Waals surface area (Å²) in [6.45, 7) is 9.01. The molecule has 0 radical (unpaired) electrons. The van der Waals surface area contributed by atoms with E-state index in [1.54, 1.807) is 0 Å². The van der Waals surface area contributed by atoms with Crippen molar-refractivity contribution in [1.82, 2.24) is 0 Å². The first kappa shape index (κ1) is 30.8. The standard InChI is InChI=1S/C21H29O3P.C11H22/c1-4-19-17-18(11-10-16-25(22,23-5-2)24-6-3)14-15-21(19)20-12-8-7-9-13-20;1-2-3-5-8-11-9-6-4-7-10-11/h7-9,12-15,17H,4-6,10-11,16H2,1-3H3;11H,2-10H2,1H3. The van der Waals surface area contributed by atoms with Crippen molar-refractivity contribution in [3.05, 3.63) is 59.7 Å². The van der Waals surface area contributed by atoms with Gasteiger partial charge >= 0.3 is 7.60 Å². The number of rotatable bonds is 14. The van der Waals surface area contributed by atoms with E-state index < -0.39 is 7.60 Å². The summed E-state index contributed by atoms with van der Waals surface area (Å²) in [7, 11) is -2.93. The SMILES string of the molecule is CCCCCC1CCCCC1.CCOP(=O)(CCCc1ccc(-c2ccccc2)c(CC)c1)OCC. The molecule has 0 heterocycles. The summed E-state index contributed by atoms with van der Waals surface area (Å²) in [4.78, 5) is 0. The molecule has 1 aliphatic rings. The van der Waals surface area contributed by atoms with Gasteiger partial charge in [-0.25, -0.2) is 0 Å². The van der Waals surface area contributed by atoms with Gasteiger partial charge in [-0.15, -0.1) is 0 Å². The first-order valence-electron chi connectivity index (χ1n) is 14.6. The highest BCUT2D eigenvalue weighted by atomic mass is 31.2. The van der Waals surface area contributed by atoms with Gasteiger partial charge in [-0.2, -0.15) is 0 Å². The minimum atomic E-state index is -2.93. The summed E-state index contributed by atoms with van der Waals surface area (Å²) in [5, 5.41) is 0. The molecule has 1 fully saturated rings. The Morgan fingerprint density at radius 2 is 1.53 bits per heavy atom. The molecule has 3 nitrogen and oxygen atoms in total. The molecule has 0 unspecified atom stereocenters. The lowest BCUT2D eigenvalue weighted by Gasteiger charge is -2.20. The number of aryl methyl sites for hydroxylation is 2. The van der Waals surface area contributed by atoms with Crippen molar-refractivity contribution in [1.29, 1.82) is 0 Å². The molecule has 0 atom stereocenters. The van der Waals surface area contributed by atoms with Gasteiger partial charge in [0.2, 0.25) is 0 Å². The maximum absolute atomic E-state index is 12.5. The quantitative estimate of drug-likeness (QED) is 0.186. The van der Waals surface area contributed by atoms with Gasteiger partial charge in [0.1, 0.15) is 0 Å². The first-order chi connectivity index (χ1) is 17.5. The van der Waals surface area contributed by atoms with Crippen LogP contribution >= 0.6 is 7.60 Å². The van der Waals surface area contributed by atoms with Gasteiger partial charge in [0.25, 0.3) is 0 Å². The molecule has 0 aromatic heterocycles. The third-order valence-corrected chi connectivity index (χ3v) is 9.29. The topological polar surface area (TPSA) is 35.5 Å². The fraction of sp³-hybridized carbons (Fsp3) is 0.625. The van der Waals surface area contributed by atoms with Gasteiger partial charge in [0.15, 0.2) is 0 Å². The molecule has 0 aliphatic heterocycles. The number of hydrogen-bond acceptors (Lipinski definition) is 3. The predicted octanol–water partition coefficient (Wildman–Crippen LogP) is 10.3. The van der Waals surface area contributed by atoms with E-state index in [0.29, 0.717) is 19.4 Å². The zero-order chi connectivity index (χ0) is 26.1. The van der Waals surface area contributed by atoms with Crippen LogP contribution in [-0.2, 0) is 26.5 Å². The fourth-order valence-electron chi connectivity index (χ4n) is 5.19. The van der Waals surface area contributed by atoms with Crippen LogP contribution in [0.5, 0.6) is 0 Å². The molecule has 0 bridgehead atoms. The molecule has 1 aliphatic carbocycles. The van der Waals surface area contributed by atoms with Crippen molar-refractivity contribution in [3.8, 4) is 11.1 Å². The van der Waals surface area contributed by atoms with E-state index in [4.69, 9.17) is 9.05 Å². The molecule has 0 spiro atoms. The molecule has 0 amide bonds. The van der Waals surface area contributed by atoms with Crippen LogP contribution in [0.25, 0.3) is 11.1 Å². The molecule has 0 saturated heterocycles. The lowest BCUT2D eigenvalue weighted by molar-refractivity contribution is 0.220. The zero-order valence-corrected chi connectivity index (χ0v) is 24.4. The Morgan fingerprint density at radius 1 is 0.833 bits per heavy atom. The van der Waals surface area contributed by atoms with Crippen LogP contribution in [0.4, 0.5) is 0 Å². The molecule has 2 aromatic rings. The number of unbranched alkanes of at least 4 members (excludes halogenated alkanes) is 2. The number of hydrogen-bond donors (Lipinski definition) is 0. The van der Waals surface area contributed by atoms with Crippen LogP contribution in [0.2, 0.25) is 0 Å². The third-order valence-electron chi connectivity index (χ3n) is 7.13. The molecule has 2 aromatic carbocycles. The largest absolute Gasteiger partial charge is 0.330 e. The highest BCUT2D eigenvalue weighted by Crippen LogP contribution is 2.48. The Morgan fingerprint density at radius 3 is 2.14 bits per heavy atom. The number of benzene rings is 2. The smallest absolute Gasteiger partial charge is 0.309 e. The lowest BCUT2D eigenvalue weighted by atomic mass is 9.86. The van der Waals surface area contributed by atoms with Crippen LogP contribution in [0.1, 0.15) is 103 Å². The van der Waals surface area contributed by atoms with Gasteiger partial charge in [0.05, 0.1) is 19.4 Å². The van der Waals surface area contributed by atoms with E-state index in [-0.39, 0.29) is 0 Å². The van der Waals surface area contributed by atoms with Gasteiger partial charge in [-0.05, 0) is 61.3 Å². The van der Waals surface area contributed by atoms with E-state index in [0.717, 1.165) is 25.2 Å². The van der Waals surface area contributed by atoms with Crippen molar-refractivity contribution >= 4 is 7.60 Å². The van der Waals surface area contributed by atoms with E-state index in [1.807, 2.05) is 19.9 Å².